The second kappa shape index (κ2) is 9.07. The average Bonchev–Trinajstić information content (AvgIpc) is 3.04. The fourth-order valence-corrected chi connectivity index (χ4v) is 4.91. The maximum Gasteiger partial charge on any atom is 0.162 e. The van der Waals surface area contributed by atoms with Crippen LogP contribution in [-0.4, -0.2) is 11.6 Å². The first-order valence-corrected chi connectivity index (χ1v) is 11.4. The van der Waals surface area contributed by atoms with Gasteiger partial charge in [0.15, 0.2) is 11.6 Å². The van der Waals surface area contributed by atoms with Gasteiger partial charge >= 0.3 is 0 Å². The lowest BCUT2D eigenvalue weighted by Crippen LogP contribution is -2.23. The minimum absolute atomic E-state index is 0.118. The molecule has 2 aromatic carbocycles. The van der Waals surface area contributed by atoms with Crippen molar-refractivity contribution in [3.05, 3.63) is 58.7 Å². The molecule has 0 unspecified atom stereocenters. The second-order valence-electron chi connectivity index (χ2n) is 8.32. The molecule has 0 saturated heterocycles. The van der Waals surface area contributed by atoms with Gasteiger partial charge in [-0.05, 0) is 53.6 Å². The molecule has 0 fully saturated rings. The van der Waals surface area contributed by atoms with E-state index in [1.54, 1.807) is 0 Å². The van der Waals surface area contributed by atoms with Gasteiger partial charge in [0.05, 0.1) is 0 Å². The summed E-state index contributed by atoms with van der Waals surface area (Å²) >= 11 is 0. The Morgan fingerprint density at radius 3 is 1.76 bits per heavy atom. The molecule has 29 heavy (non-hydrogen) atoms. The van der Waals surface area contributed by atoms with Crippen LogP contribution < -0.4 is 0 Å². The number of carbonyl (C=O) groups excluding carboxylic acids is 2. The molecule has 1 aliphatic carbocycles. The van der Waals surface area contributed by atoms with Crippen LogP contribution in [0.4, 0.5) is 0 Å². The van der Waals surface area contributed by atoms with Gasteiger partial charge in [-0.15, -0.1) is 0 Å². The molecule has 0 atom stereocenters. The van der Waals surface area contributed by atoms with Crippen molar-refractivity contribution in [3.8, 4) is 11.1 Å². The summed E-state index contributed by atoms with van der Waals surface area (Å²) in [5, 5.41) is 0. The minimum Gasteiger partial charge on any atom is -0.294 e. The maximum absolute atomic E-state index is 12.8. The van der Waals surface area contributed by atoms with Crippen molar-refractivity contribution in [2.75, 3.05) is 0 Å². The topological polar surface area (TPSA) is 34.1 Å². The quantitative estimate of drug-likeness (QED) is 0.310. The molecule has 2 nitrogen and oxygen atoms in total. The third kappa shape index (κ3) is 3.82. The van der Waals surface area contributed by atoms with Gasteiger partial charge in [0.25, 0.3) is 0 Å². The molecular formula is C27H34O2. The molecule has 1 aliphatic rings. The Balaban J connectivity index is 2.01. The second-order valence-corrected chi connectivity index (χ2v) is 8.32. The van der Waals surface area contributed by atoms with Gasteiger partial charge in [-0.2, -0.15) is 0 Å². The monoisotopic (exact) mass is 390 g/mol. The van der Waals surface area contributed by atoms with Crippen molar-refractivity contribution < 1.29 is 9.59 Å². The Bertz CT molecular complexity index is 903. The molecule has 0 radical (unpaired) electrons. The van der Waals surface area contributed by atoms with Gasteiger partial charge in [0.2, 0.25) is 0 Å². The van der Waals surface area contributed by atoms with E-state index in [1.165, 1.54) is 35.1 Å². The van der Waals surface area contributed by atoms with Crippen molar-refractivity contribution in [2.45, 2.75) is 84.5 Å². The van der Waals surface area contributed by atoms with E-state index in [0.29, 0.717) is 12.8 Å². The highest BCUT2D eigenvalue weighted by atomic mass is 16.1. The van der Waals surface area contributed by atoms with Gasteiger partial charge in [0, 0.05) is 29.4 Å². The Kier molecular flexibility index (Phi) is 6.72. The van der Waals surface area contributed by atoms with Crippen molar-refractivity contribution in [1.82, 2.24) is 0 Å². The van der Waals surface area contributed by atoms with E-state index in [9.17, 15) is 9.59 Å². The zero-order valence-corrected chi connectivity index (χ0v) is 18.4. The molecule has 0 bridgehead atoms. The first-order chi connectivity index (χ1) is 14.0. The number of Topliss-reactive ketones (excluding diaryl/α,β-unsaturated/α-hetero) is 2. The molecule has 0 heterocycles. The van der Waals surface area contributed by atoms with Crippen LogP contribution in [0.1, 0.15) is 111 Å². The Labute approximate surface area is 175 Å². The third-order valence-corrected chi connectivity index (χ3v) is 6.79. The molecule has 2 heteroatoms. The van der Waals surface area contributed by atoms with E-state index in [4.69, 9.17) is 0 Å². The fraction of sp³-hybridized carbons (Fsp3) is 0.481. The predicted molar refractivity (Wildman–Crippen MR) is 121 cm³/mol. The third-order valence-electron chi connectivity index (χ3n) is 6.79. The normalized spacial score (nSPS) is 13.8. The summed E-state index contributed by atoms with van der Waals surface area (Å²) in [6.45, 7) is 8.54. The number of hydrogen-bond donors (Lipinski definition) is 0. The largest absolute Gasteiger partial charge is 0.294 e. The SMILES string of the molecule is CCCCCCC(=O)c1ccc2c(c1)C(CC)(CC)c1cc(C(=O)CC)ccc1-2. The van der Waals surface area contributed by atoms with Crippen LogP contribution in [0.15, 0.2) is 36.4 Å². The molecule has 0 amide bonds. The molecule has 0 aliphatic heterocycles. The van der Waals surface area contributed by atoms with Crippen LogP contribution in [0.2, 0.25) is 0 Å². The molecule has 3 rings (SSSR count). The van der Waals surface area contributed by atoms with Crippen LogP contribution in [0, 0.1) is 0 Å². The number of fused-ring (bicyclic) bond motifs is 3. The van der Waals surface area contributed by atoms with E-state index < -0.39 is 0 Å². The first-order valence-electron chi connectivity index (χ1n) is 11.4. The summed E-state index contributed by atoms with van der Waals surface area (Å²) < 4.78 is 0. The minimum atomic E-state index is -0.118. The highest BCUT2D eigenvalue weighted by Crippen LogP contribution is 2.53. The summed E-state index contributed by atoms with van der Waals surface area (Å²) in [7, 11) is 0. The summed E-state index contributed by atoms with van der Waals surface area (Å²) in [5.74, 6) is 0.440. The Hall–Kier alpha value is -2.22. The highest BCUT2D eigenvalue weighted by molar-refractivity contribution is 5.99. The van der Waals surface area contributed by atoms with E-state index in [2.05, 4.69) is 45.0 Å². The van der Waals surface area contributed by atoms with E-state index in [0.717, 1.165) is 36.8 Å². The Morgan fingerprint density at radius 1 is 0.724 bits per heavy atom. The van der Waals surface area contributed by atoms with Gasteiger partial charge < -0.3 is 0 Å². The van der Waals surface area contributed by atoms with Crippen LogP contribution in [0.25, 0.3) is 11.1 Å². The summed E-state index contributed by atoms with van der Waals surface area (Å²) in [6, 6.07) is 12.4. The maximum atomic E-state index is 12.8. The lowest BCUT2D eigenvalue weighted by molar-refractivity contribution is 0.0974. The van der Waals surface area contributed by atoms with Crippen LogP contribution >= 0.6 is 0 Å². The van der Waals surface area contributed by atoms with Crippen molar-refractivity contribution in [2.24, 2.45) is 0 Å². The van der Waals surface area contributed by atoms with Gasteiger partial charge in [-0.3, -0.25) is 9.59 Å². The Morgan fingerprint density at radius 2 is 1.28 bits per heavy atom. The molecule has 0 aromatic heterocycles. The van der Waals surface area contributed by atoms with Crippen molar-refractivity contribution in [3.63, 3.8) is 0 Å². The molecule has 0 saturated carbocycles. The number of carbonyl (C=O) groups is 2. The zero-order chi connectivity index (χ0) is 21.0. The number of unbranched alkanes of at least 4 members (excludes halogenated alkanes) is 3. The number of benzene rings is 2. The highest BCUT2D eigenvalue weighted by Gasteiger charge is 2.41. The van der Waals surface area contributed by atoms with Gasteiger partial charge in [-0.1, -0.05) is 71.2 Å². The first kappa shape index (κ1) is 21.5. The lowest BCUT2D eigenvalue weighted by Gasteiger charge is -2.30. The average molecular weight is 391 g/mol. The standard InChI is InChI=1S/C27H34O2/c1-5-9-10-11-12-26(29)20-14-16-22-21-15-13-19(25(28)6-2)17-23(21)27(7-3,8-4)24(22)18-20/h13-18H,5-12H2,1-4H3. The summed E-state index contributed by atoms with van der Waals surface area (Å²) in [5.41, 5.74) is 6.48. The van der Waals surface area contributed by atoms with Crippen LogP contribution in [0.3, 0.4) is 0 Å². The molecule has 2 aromatic rings. The van der Waals surface area contributed by atoms with E-state index >= 15 is 0 Å². The number of rotatable bonds is 10. The summed E-state index contributed by atoms with van der Waals surface area (Å²) in [6.07, 6.45) is 7.55. The number of hydrogen-bond acceptors (Lipinski definition) is 2. The molecule has 0 N–H and O–H groups in total. The van der Waals surface area contributed by atoms with Crippen LogP contribution in [-0.2, 0) is 5.41 Å². The number of ketones is 2. The fourth-order valence-electron chi connectivity index (χ4n) is 4.91. The zero-order valence-electron chi connectivity index (χ0n) is 18.4. The molecular weight excluding hydrogens is 356 g/mol. The van der Waals surface area contributed by atoms with Crippen molar-refractivity contribution >= 4 is 11.6 Å². The van der Waals surface area contributed by atoms with Gasteiger partial charge in [0.1, 0.15) is 0 Å². The van der Waals surface area contributed by atoms with E-state index in [-0.39, 0.29) is 17.0 Å². The molecule has 0 spiro atoms. The van der Waals surface area contributed by atoms with E-state index in [1.807, 2.05) is 19.1 Å². The lowest BCUT2D eigenvalue weighted by atomic mass is 9.73. The van der Waals surface area contributed by atoms with Crippen molar-refractivity contribution in [1.29, 1.82) is 0 Å². The van der Waals surface area contributed by atoms with Gasteiger partial charge in [-0.25, -0.2) is 0 Å². The smallest absolute Gasteiger partial charge is 0.162 e. The summed E-state index contributed by atoms with van der Waals surface area (Å²) in [4.78, 5) is 25.1. The van der Waals surface area contributed by atoms with Crippen LogP contribution in [0.5, 0.6) is 0 Å². The predicted octanol–water partition coefficient (Wildman–Crippen LogP) is 7.52. The molecule has 154 valence electrons.